The van der Waals surface area contributed by atoms with Crippen LogP contribution in [0.1, 0.15) is 42.3 Å². The van der Waals surface area contributed by atoms with E-state index >= 15 is 0 Å². The standard InChI is InChI=1S/C18H20INO2/c1-11-9-14(16(21)15(19)10-11)17(22)20-13-7-5-12(6-8-13)18(2,3)4/h5-10,21H,1-4H3,(H,20,22). The van der Waals surface area contributed by atoms with E-state index in [-0.39, 0.29) is 17.1 Å². The molecule has 0 fully saturated rings. The average Bonchev–Trinajstić information content (AvgIpc) is 2.42. The van der Waals surface area contributed by atoms with Gasteiger partial charge in [-0.2, -0.15) is 0 Å². The number of hydrogen-bond acceptors (Lipinski definition) is 2. The second kappa shape index (κ2) is 6.28. The molecule has 0 radical (unpaired) electrons. The normalized spacial score (nSPS) is 11.3. The van der Waals surface area contributed by atoms with Crippen LogP contribution in [0.4, 0.5) is 5.69 Å². The average molecular weight is 409 g/mol. The third-order valence-electron chi connectivity index (χ3n) is 3.46. The van der Waals surface area contributed by atoms with Crippen LogP contribution in [0.3, 0.4) is 0 Å². The van der Waals surface area contributed by atoms with Crippen molar-refractivity contribution in [1.29, 1.82) is 0 Å². The highest BCUT2D eigenvalue weighted by Gasteiger charge is 2.16. The number of phenolic OH excluding ortho intramolecular Hbond substituents is 1. The van der Waals surface area contributed by atoms with Crippen LogP contribution in [0.2, 0.25) is 0 Å². The molecule has 0 saturated carbocycles. The number of carbonyl (C=O) groups is 1. The fourth-order valence-electron chi connectivity index (χ4n) is 2.16. The Kier molecular flexibility index (Phi) is 4.80. The maximum atomic E-state index is 12.3. The Bertz CT molecular complexity index is 700. The van der Waals surface area contributed by atoms with Crippen molar-refractivity contribution in [3.63, 3.8) is 0 Å². The first kappa shape index (κ1) is 16.8. The van der Waals surface area contributed by atoms with Crippen molar-refractivity contribution >= 4 is 34.2 Å². The monoisotopic (exact) mass is 409 g/mol. The minimum absolute atomic E-state index is 0.0232. The summed E-state index contributed by atoms with van der Waals surface area (Å²) in [7, 11) is 0. The number of halogens is 1. The number of hydrogen-bond donors (Lipinski definition) is 2. The van der Waals surface area contributed by atoms with Crippen molar-refractivity contribution in [3.8, 4) is 5.75 Å². The fourth-order valence-corrected chi connectivity index (χ4v) is 2.94. The van der Waals surface area contributed by atoms with Crippen molar-refractivity contribution in [2.24, 2.45) is 0 Å². The molecule has 0 aliphatic carbocycles. The molecule has 0 unspecified atom stereocenters. The Labute approximate surface area is 144 Å². The summed E-state index contributed by atoms with van der Waals surface area (Å²) in [6, 6.07) is 11.3. The van der Waals surface area contributed by atoms with Gasteiger partial charge in [0.25, 0.3) is 5.91 Å². The van der Waals surface area contributed by atoms with E-state index in [1.54, 1.807) is 6.07 Å². The molecule has 0 atom stereocenters. The van der Waals surface area contributed by atoms with Gasteiger partial charge in [-0.25, -0.2) is 0 Å². The summed E-state index contributed by atoms with van der Waals surface area (Å²) in [4.78, 5) is 12.3. The number of amides is 1. The molecule has 2 aromatic carbocycles. The molecule has 0 bridgehead atoms. The number of anilines is 1. The van der Waals surface area contributed by atoms with Crippen LogP contribution in [0.15, 0.2) is 36.4 Å². The maximum Gasteiger partial charge on any atom is 0.259 e. The summed E-state index contributed by atoms with van der Waals surface area (Å²) >= 11 is 2.02. The van der Waals surface area contributed by atoms with E-state index in [9.17, 15) is 9.90 Å². The van der Waals surface area contributed by atoms with E-state index in [1.807, 2.05) is 59.8 Å². The van der Waals surface area contributed by atoms with Crippen molar-refractivity contribution < 1.29 is 9.90 Å². The lowest BCUT2D eigenvalue weighted by atomic mass is 9.87. The number of phenols is 1. The molecule has 1 amide bonds. The number of aromatic hydroxyl groups is 1. The van der Waals surface area contributed by atoms with Crippen LogP contribution >= 0.6 is 22.6 Å². The van der Waals surface area contributed by atoms with Crippen LogP contribution in [-0.4, -0.2) is 11.0 Å². The minimum atomic E-state index is -0.303. The number of aryl methyl sites for hydroxylation is 1. The second-order valence-corrected chi connectivity index (χ2v) is 7.59. The van der Waals surface area contributed by atoms with Gasteiger partial charge in [-0.05, 0) is 70.3 Å². The molecule has 2 rings (SSSR count). The van der Waals surface area contributed by atoms with E-state index in [0.717, 1.165) is 5.56 Å². The number of carbonyl (C=O) groups excluding carboxylic acids is 1. The Hall–Kier alpha value is -1.56. The predicted molar refractivity (Wildman–Crippen MR) is 98.7 cm³/mol. The summed E-state index contributed by atoms with van der Waals surface area (Å²) in [5.74, 6) is -0.280. The zero-order valence-electron chi connectivity index (χ0n) is 13.2. The Morgan fingerprint density at radius 2 is 1.73 bits per heavy atom. The molecule has 0 aliphatic heterocycles. The quantitative estimate of drug-likeness (QED) is 0.697. The first-order chi connectivity index (χ1) is 10.2. The molecule has 2 N–H and O–H groups in total. The van der Waals surface area contributed by atoms with Gasteiger partial charge in [0.1, 0.15) is 5.75 Å². The molecule has 0 aromatic heterocycles. The van der Waals surface area contributed by atoms with Gasteiger partial charge < -0.3 is 10.4 Å². The Morgan fingerprint density at radius 1 is 1.14 bits per heavy atom. The minimum Gasteiger partial charge on any atom is -0.506 e. The van der Waals surface area contributed by atoms with Crippen LogP contribution in [0, 0.1) is 10.5 Å². The lowest BCUT2D eigenvalue weighted by Gasteiger charge is -2.19. The molecule has 0 aliphatic rings. The van der Waals surface area contributed by atoms with E-state index in [2.05, 4.69) is 26.1 Å². The zero-order chi connectivity index (χ0) is 16.5. The van der Waals surface area contributed by atoms with Crippen molar-refractivity contribution in [2.75, 3.05) is 5.32 Å². The lowest BCUT2D eigenvalue weighted by Crippen LogP contribution is -2.14. The summed E-state index contributed by atoms with van der Waals surface area (Å²) in [5, 5.41) is 12.9. The van der Waals surface area contributed by atoms with E-state index in [1.165, 1.54) is 5.56 Å². The van der Waals surface area contributed by atoms with Gasteiger partial charge in [0.05, 0.1) is 9.13 Å². The first-order valence-electron chi connectivity index (χ1n) is 7.09. The van der Waals surface area contributed by atoms with Gasteiger partial charge >= 0.3 is 0 Å². The van der Waals surface area contributed by atoms with Gasteiger partial charge in [-0.15, -0.1) is 0 Å². The molecule has 22 heavy (non-hydrogen) atoms. The number of benzene rings is 2. The summed E-state index contributed by atoms with van der Waals surface area (Å²) in [5.41, 5.74) is 3.24. The summed E-state index contributed by atoms with van der Waals surface area (Å²) in [6.07, 6.45) is 0. The largest absolute Gasteiger partial charge is 0.506 e. The summed E-state index contributed by atoms with van der Waals surface area (Å²) < 4.78 is 0.672. The van der Waals surface area contributed by atoms with Gasteiger partial charge in [-0.1, -0.05) is 32.9 Å². The molecule has 116 valence electrons. The van der Waals surface area contributed by atoms with Gasteiger partial charge in [-0.3, -0.25) is 4.79 Å². The van der Waals surface area contributed by atoms with Gasteiger partial charge in [0.2, 0.25) is 0 Å². The summed E-state index contributed by atoms with van der Waals surface area (Å²) in [6.45, 7) is 8.34. The zero-order valence-corrected chi connectivity index (χ0v) is 15.4. The molecule has 3 nitrogen and oxygen atoms in total. The second-order valence-electron chi connectivity index (χ2n) is 6.42. The van der Waals surface area contributed by atoms with Gasteiger partial charge in [0, 0.05) is 5.69 Å². The molecular formula is C18H20INO2. The highest BCUT2D eigenvalue weighted by molar-refractivity contribution is 14.1. The van der Waals surface area contributed by atoms with E-state index < -0.39 is 0 Å². The molecule has 0 saturated heterocycles. The van der Waals surface area contributed by atoms with Crippen molar-refractivity contribution in [2.45, 2.75) is 33.1 Å². The third-order valence-corrected chi connectivity index (χ3v) is 4.28. The molecule has 0 heterocycles. The maximum absolute atomic E-state index is 12.3. The highest BCUT2D eigenvalue weighted by Crippen LogP contribution is 2.27. The third kappa shape index (κ3) is 3.80. The fraction of sp³-hybridized carbons (Fsp3) is 0.278. The molecule has 2 aromatic rings. The Morgan fingerprint density at radius 3 is 2.27 bits per heavy atom. The van der Waals surface area contributed by atoms with Crippen LogP contribution < -0.4 is 5.32 Å². The van der Waals surface area contributed by atoms with E-state index in [0.29, 0.717) is 14.8 Å². The predicted octanol–water partition coefficient (Wildman–Crippen LogP) is 4.86. The Balaban J connectivity index is 2.23. The lowest BCUT2D eigenvalue weighted by molar-refractivity contribution is 0.102. The van der Waals surface area contributed by atoms with Gasteiger partial charge in [0.15, 0.2) is 0 Å². The molecular weight excluding hydrogens is 389 g/mol. The van der Waals surface area contributed by atoms with Crippen molar-refractivity contribution in [1.82, 2.24) is 0 Å². The molecule has 0 spiro atoms. The van der Waals surface area contributed by atoms with Crippen molar-refractivity contribution in [3.05, 3.63) is 56.7 Å². The van der Waals surface area contributed by atoms with Crippen LogP contribution in [-0.2, 0) is 5.41 Å². The number of rotatable bonds is 2. The topological polar surface area (TPSA) is 49.3 Å². The SMILES string of the molecule is Cc1cc(I)c(O)c(C(=O)Nc2ccc(C(C)(C)C)cc2)c1. The van der Waals surface area contributed by atoms with Crippen LogP contribution in [0.25, 0.3) is 0 Å². The molecule has 4 heteroatoms. The van der Waals surface area contributed by atoms with E-state index in [4.69, 9.17) is 0 Å². The first-order valence-corrected chi connectivity index (χ1v) is 8.17. The highest BCUT2D eigenvalue weighted by atomic mass is 127. The number of nitrogens with one attached hydrogen (secondary N) is 1. The smallest absolute Gasteiger partial charge is 0.259 e. The van der Waals surface area contributed by atoms with Crippen LogP contribution in [0.5, 0.6) is 5.75 Å².